The van der Waals surface area contributed by atoms with E-state index in [1.165, 1.54) is 10.8 Å². The maximum absolute atomic E-state index is 11.3. The van der Waals surface area contributed by atoms with Crippen LogP contribution in [0.15, 0.2) is 20.3 Å². The number of nitrogens with one attached hydrogen (secondary N) is 1. The number of alkyl halides is 1. The van der Waals surface area contributed by atoms with Crippen molar-refractivity contribution < 1.29 is 0 Å². The SMILES string of the molecule is O=c1[nH]c(=O)n(CCCCCBr)cc1Br. The van der Waals surface area contributed by atoms with Crippen LogP contribution < -0.4 is 11.2 Å². The van der Waals surface area contributed by atoms with Crippen LogP contribution in [-0.2, 0) is 6.54 Å². The van der Waals surface area contributed by atoms with Crippen molar-refractivity contribution in [3.05, 3.63) is 31.5 Å². The van der Waals surface area contributed by atoms with Crippen molar-refractivity contribution in [2.75, 3.05) is 5.33 Å². The summed E-state index contributed by atoms with van der Waals surface area (Å²) in [6.07, 6.45) is 4.63. The monoisotopic (exact) mass is 338 g/mol. The Morgan fingerprint density at radius 3 is 2.67 bits per heavy atom. The van der Waals surface area contributed by atoms with Crippen LogP contribution in [-0.4, -0.2) is 14.9 Å². The number of halogens is 2. The average Bonchev–Trinajstić information content (AvgIpc) is 2.20. The molecule has 6 heteroatoms. The van der Waals surface area contributed by atoms with Crippen molar-refractivity contribution in [1.82, 2.24) is 9.55 Å². The van der Waals surface area contributed by atoms with Gasteiger partial charge in [0, 0.05) is 18.1 Å². The fourth-order valence-electron chi connectivity index (χ4n) is 1.20. The highest BCUT2D eigenvalue weighted by molar-refractivity contribution is 9.10. The standard InChI is InChI=1S/C9H12Br2N2O2/c10-4-2-1-3-5-13-6-7(11)8(14)12-9(13)15/h6H,1-5H2,(H,12,14,15). The second-order valence-corrected chi connectivity index (χ2v) is 4.83. The van der Waals surface area contributed by atoms with Crippen molar-refractivity contribution in [3.63, 3.8) is 0 Å². The molecule has 15 heavy (non-hydrogen) atoms. The van der Waals surface area contributed by atoms with Gasteiger partial charge in [0.15, 0.2) is 0 Å². The zero-order valence-electron chi connectivity index (χ0n) is 8.13. The summed E-state index contributed by atoms with van der Waals surface area (Å²) in [7, 11) is 0. The Labute approximate surface area is 104 Å². The number of nitrogens with zero attached hydrogens (tertiary/aromatic N) is 1. The molecule has 1 N–H and O–H groups in total. The number of aromatic nitrogens is 2. The van der Waals surface area contributed by atoms with E-state index in [1.54, 1.807) is 0 Å². The van der Waals surface area contributed by atoms with E-state index < -0.39 is 0 Å². The molecule has 0 atom stereocenters. The molecule has 0 aliphatic carbocycles. The van der Waals surface area contributed by atoms with E-state index in [1.807, 2.05) is 0 Å². The molecule has 1 aromatic rings. The smallest absolute Gasteiger partial charge is 0.299 e. The molecule has 0 amide bonds. The number of aromatic amines is 1. The fraction of sp³-hybridized carbons (Fsp3) is 0.556. The Morgan fingerprint density at radius 1 is 1.27 bits per heavy atom. The van der Waals surface area contributed by atoms with E-state index in [0.29, 0.717) is 11.0 Å². The molecule has 0 bridgehead atoms. The number of aryl methyl sites for hydroxylation is 1. The fourth-order valence-corrected chi connectivity index (χ4v) is 1.94. The second-order valence-electron chi connectivity index (χ2n) is 3.18. The van der Waals surface area contributed by atoms with Gasteiger partial charge in [-0.05, 0) is 28.8 Å². The normalized spacial score (nSPS) is 10.5. The number of hydrogen-bond donors (Lipinski definition) is 1. The average molecular weight is 340 g/mol. The lowest BCUT2D eigenvalue weighted by molar-refractivity contribution is 0.575. The van der Waals surface area contributed by atoms with Gasteiger partial charge in [-0.25, -0.2) is 4.79 Å². The second kappa shape index (κ2) is 6.27. The highest BCUT2D eigenvalue weighted by atomic mass is 79.9. The number of rotatable bonds is 5. The van der Waals surface area contributed by atoms with Crippen LogP contribution in [0.1, 0.15) is 19.3 Å². The van der Waals surface area contributed by atoms with Gasteiger partial charge >= 0.3 is 5.69 Å². The lowest BCUT2D eigenvalue weighted by atomic mass is 10.2. The van der Waals surface area contributed by atoms with Gasteiger partial charge in [-0.2, -0.15) is 0 Å². The van der Waals surface area contributed by atoms with Crippen molar-refractivity contribution in [2.24, 2.45) is 0 Å². The molecule has 4 nitrogen and oxygen atoms in total. The lowest BCUT2D eigenvalue weighted by Gasteiger charge is -2.04. The first-order valence-corrected chi connectivity index (χ1v) is 6.62. The van der Waals surface area contributed by atoms with Crippen molar-refractivity contribution in [3.8, 4) is 0 Å². The van der Waals surface area contributed by atoms with Crippen molar-refractivity contribution >= 4 is 31.9 Å². The maximum Gasteiger partial charge on any atom is 0.328 e. The number of unbranched alkanes of at least 4 members (excludes halogenated alkanes) is 2. The zero-order chi connectivity index (χ0) is 11.3. The largest absolute Gasteiger partial charge is 0.328 e. The van der Waals surface area contributed by atoms with Crippen LogP contribution >= 0.6 is 31.9 Å². The molecule has 0 aromatic carbocycles. The Hall–Kier alpha value is -0.360. The molecule has 0 aliphatic heterocycles. The van der Waals surface area contributed by atoms with Gasteiger partial charge in [-0.3, -0.25) is 14.3 Å². The molecule has 1 aromatic heterocycles. The Morgan fingerprint density at radius 2 is 2.00 bits per heavy atom. The molecule has 0 fully saturated rings. The highest BCUT2D eigenvalue weighted by Crippen LogP contribution is 2.02. The Balaban J connectivity index is 2.66. The Kier molecular flexibility index (Phi) is 5.31. The molecule has 0 spiro atoms. The first-order chi connectivity index (χ1) is 7.15. The van der Waals surface area contributed by atoms with E-state index in [9.17, 15) is 9.59 Å². The molecule has 0 radical (unpaired) electrons. The van der Waals surface area contributed by atoms with Crippen molar-refractivity contribution in [2.45, 2.75) is 25.8 Å². The first kappa shape index (κ1) is 12.7. The summed E-state index contributed by atoms with van der Waals surface area (Å²) in [4.78, 5) is 24.6. The topological polar surface area (TPSA) is 54.9 Å². The molecular weight excluding hydrogens is 328 g/mol. The highest BCUT2D eigenvalue weighted by Gasteiger charge is 2.00. The summed E-state index contributed by atoms with van der Waals surface area (Å²) < 4.78 is 1.90. The van der Waals surface area contributed by atoms with Crippen molar-refractivity contribution in [1.29, 1.82) is 0 Å². The minimum Gasteiger partial charge on any atom is -0.299 e. The van der Waals surface area contributed by atoms with Gasteiger partial charge in [0.1, 0.15) is 0 Å². The molecular formula is C9H12Br2N2O2. The van der Waals surface area contributed by atoms with Crippen LogP contribution in [0.3, 0.4) is 0 Å². The maximum atomic E-state index is 11.3. The molecule has 84 valence electrons. The summed E-state index contributed by atoms with van der Waals surface area (Å²) in [5.41, 5.74) is -0.723. The predicted molar refractivity (Wildman–Crippen MR) is 66.7 cm³/mol. The Bertz CT molecular complexity index is 425. The molecule has 0 unspecified atom stereocenters. The third-order valence-electron chi connectivity index (χ3n) is 2.00. The van der Waals surface area contributed by atoms with Gasteiger partial charge in [-0.1, -0.05) is 22.4 Å². The summed E-state index contributed by atoms with van der Waals surface area (Å²) in [5, 5.41) is 0.983. The zero-order valence-corrected chi connectivity index (χ0v) is 11.3. The summed E-state index contributed by atoms with van der Waals surface area (Å²) in [6.45, 7) is 0.640. The third kappa shape index (κ3) is 3.95. The van der Waals surface area contributed by atoms with E-state index in [2.05, 4.69) is 36.8 Å². The lowest BCUT2D eigenvalue weighted by Crippen LogP contribution is -2.29. The molecule has 0 aliphatic rings. The molecule has 1 heterocycles. The quantitative estimate of drug-likeness (QED) is 0.657. The molecule has 0 saturated carbocycles. The van der Waals surface area contributed by atoms with Crippen LogP contribution in [0, 0.1) is 0 Å². The van der Waals surface area contributed by atoms with Gasteiger partial charge < -0.3 is 0 Å². The van der Waals surface area contributed by atoms with Crippen LogP contribution in [0.5, 0.6) is 0 Å². The minimum absolute atomic E-state index is 0.345. The molecule has 1 rings (SSSR count). The van der Waals surface area contributed by atoms with Crippen LogP contribution in [0.25, 0.3) is 0 Å². The minimum atomic E-state index is -0.378. The van der Waals surface area contributed by atoms with E-state index >= 15 is 0 Å². The van der Waals surface area contributed by atoms with E-state index in [-0.39, 0.29) is 11.2 Å². The molecule has 0 saturated heterocycles. The van der Waals surface area contributed by atoms with Gasteiger partial charge in [0.2, 0.25) is 0 Å². The van der Waals surface area contributed by atoms with E-state index in [4.69, 9.17) is 0 Å². The number of H-pyrrole nitrogens is 1. The van der Waals surface area contributed by atoms with E-state index in [0.717, 1.165) is 24.6 Å². The first-order valence-electron chi connectivity index (χ1n) is 4.70. The van der Waals surface area contributed by atoms with Gasteiger partial charge in [0.25, 0.3) is 5.56 Å². The predicted octanol–water partition coefficient (Wildman–Crippen LogP) is 1.86. The van der Waals surface area contributed by atoms with Crippen LogP contribution in [0.4, 0.5) is 0 Å². The van der Waals surface area contributed by atoms with Gasteiger partial charge in [-0.15, -0.1) is 0 Å². The van der Waals surface area contributed by atoms with Gasteiger partial charge in [0.05, 0.1) is 4.47 Å². The number of hydrogen-bond acceptors (Lipinski definition) is 2. The summed E-state index contributed by atoms with van der Waals surface area (Å²) in [5.74, 6) is 0. The summed E-state index contributed by atoms with van der Waals surface area (Å²) >= 11 is 6.44. The summed E-state index contributed by atoms with van der Waals surface area (Å²) in [6, 6.07) is 0. The third-order valence-corrected chi connectivity index (χ3v) is 3.13. The van der Waals surface area contributed by atoms with Crippen LogP contribution in [0.2, 0.25) is 0 Å².